The molecule has 1 fully saturated rings. The highest BCUT2D eigenvalue weighted by Gasteiger charge is 2.27. The van der Waals surface area contributed by atoms with E-state index in [1.807, 2.05) is 0 Å². The van der Waals surface area contributed by atoms with Gasteiger partial charge in [-0.05, 0) is 11.8 Å². The highest BCUT2D eigenvalue weighted by Crippen LogP contribution is 2.21. The summed E-state index contributed by atoms with van der Waals surface area (Å²) in [5, 5.41) is 0. The van der Waals surface area contributed by atoms with E-state index in [4.69, 9.17) is 0 Å². The predicted octanol–water partition coefficient (Wildman–Crippen LogP) is 2.35. The number of nitrogens with zero attached hydrogens (tertiary/aromatic N) is 1. The van der Waals surface area contributed by atoms with Crippen molar-refractivity contribution in [3.05, 3.63) is 0 Å². The molecule has 0 radical (unpaired) electrons. The highest BCUT2D eigenvalue weighted by molar-refractivity contribution is 4.79. The van der Waals surface area contributed by atoms with Gasteiger partial charge in [-0.15, -0.1) is 0 Å². The molecule has 1 aliphatic rings. The molecule has 1 atom stereocenters. The fourth-order valence-corrected chi connectivity index (χ4v) is 1.87. The van der Waals surface area contributed by atoms with Gasteiger partial charge in [-0.2, -0.15) is 8.78 Å². The molecule has 1 aliphatic heterocycles. The Labute approximate surface area is 84.2 Å². The number of rotatable bonds is 3. The van der Waals surface area contributed by atoms with Gasteiger partial charge in [-0.1, -0.05) is 20.8 Å². The highest BCUT2D eigenvalue weighted by atomic mass is 19.3. The summed E-state index contributed by atoms with van der Waals surface area (Å²) >= 11 is 0. The van der Waals surface area contributed by atoms with Gasteiger partial charge in [0, 0.05) is 19.6 Å². The molecular formula is C10H19F2NO. The van der Waals surface area contributed by atoms with E-state index in [9.17, 15) is 8.78 Å². The van der Waals surface area contributed by atoms with Crippen LogP contribution in [0.5, 0.6) is 0 Å². The summed E-state index contributed by atoms with van der Waals surface area (Å²) in [5.41, 5.74) is 0.222. The average Bonchev–Trinajstić information content (AvgIpc) is 2.30. The summed E-state index contributed by atoms with van der Waals surface area (Å²) in [6.45, 7) is 6.26. The zero-order valence-corrected chi connectivity index (χ0v) is 9.09. The molecule has 0 N–H and O–H groups in total. The van der Waals surface area contributed by atoms with Crippen LogP contribution in [-0.2, 0) is 4.74 Å². The van der Waals surface area contributed by atoms with Crippen molar-refractivity contribution >= 4 is 0 Å². The number of halogens is 2. The van der Waals surface area contributed by atoms with Crippen LogP contribution in [-0.4, -0.2) is 37.2 Å². The lowest BCUT2D eigenvalue weighted by Crippen LogP contribution is -2.32. The first kappa shape index (κ1) is 11.9. The predicted molar refractivity (Wildman–Crippen MR) is 51.4 cm³/mol. The minimum absolute atomic E-state index is 0.222. The Hall–Kier alpha value is -0.220. The van der Waals surface area contributed by atoms with Crippen molar-refractivity contribution < 1.29 is 13.5 Å². The van der Waals surface area contributed by atoms with Crippen molar-refractivity contribution in [2.75, 3.05) is 19.6 Å². The van der Waals surface area contributed by atoms with Crippen LogP contribution >= 0.6 is 0 Å². The Bertz CT molecular complexity index is 179. The molecule has 4 heteroatoms. The molecule has 1 unspecified atom stereocenters. The molecule has 1 rings (SSSR count). The van der Waals surface area contributed by atoms with Gasteiger partial charge in [0.2, 0.25) is 0 Å². The van der Waals surface area contributed by atoms with Gasteiger partial charge in [0.25, 0.3) is 0 Å². The van der Waals surface area contributed by atoms with E-state index in [2.05, 4.69) is 30.4 Å². The van der Waals surface area contributed by atoms with Crippen LogP contribution in [0.3, 0.4) is 0 Å². The van der Waals surface area contributed by atoms with Crippen molar-refractivity contribution in [2.45, 2.75) is 39.9 Å². The third kappa shape index (κ3) is 4.33. The van der Waals surface area contributed by atoms with E-state index >= 15 is 0 Å². The maximum Gasteiger partial charge on any atom is 0.345 e. The quantitative estimate of drug-likeness (QED) is 0.704. The van der Waals surface area contributed by atoms with Crippen molar-refractivity contribution in [1.29, 1.82) is 0 Å². The number of alkyl halides is 2. The minimum Gasteiger partial charge on any atom is -0.318 e. The molecule has 0 spiro atoms. The Balaban J connectivity index is 2.27. The monoisotopic (exact) mass is 207 g/mol. The Morgan fingerprint density at radius 1 is 1.43 bits per heavy atom. The van der Waals surface area contributed by atoms with Gasteiger partial charge in [-0.25, -0.2) is 0 Å². The van der Waals surface area contributed by atoms with Crippen LogP contribution in [0.25, 0.3) is 0 Å². The Morgan fingerprint density at radius 2 is 2.07 bits per heavy atom. The summed E-state index contributed by atoms with van der Waals surface area (Å²) in [7, 11) is 0. The minimum atomic E-state index is -2.63. The van der Waals surface area contributed by atoms with Crippen molar-refractivity contribution in [2.24, 2.45) is 5.41 Å². The summed E-state index contributed by atoms with van der Waals surface area (Å²) < 4.78 is 28.3. The molecule has 0 aromatic heterocycles. The number of hydrogen-bond donors (Lipinski definition) is 0. The molecule has 0 saturated carbocycles. The third-order valence-corrected chi connectivity index (χ3v) is 2.22. The first-order valence-electron chi connectivity index (χ1n) is 5.03. The van der Waals surface area contributed by atoms with Gasteiger partial charge in [0.1, 0.15) is 0 Å². The fraction of sp³-hybridized carbons (Fsp3) is 1.00. The molecule has 14 heavy (non-hydrogen) atoms. The molecule has 0 aromatic carbocycles. The molecule has 84 valence electrons. The Morgan fingerprint density at radius 3 is 2.57 bits per heavy atom. The van der Waals surface area contributed by atoms with Crippen LogP contribution in [0.1, 0.15) is 27.2 Å². The van der Waals surface area contributed by atoms with Crippen LogP contribution in [0.15, 0.2) is 0 Å². The second kappa shape index (κ2) is 4.53. The summed E-state index contributed by atoms with van der Waals surface area (Å²) in [6.07, 6.45) is 0.442. The number of likely N-dealkylation sites (tertiary alicyclic amines) is 1. The van der Waals surface area contributed by atoms with E-state index in [1.165, 1.54) is 0 Å². The standard InChI is InChI=1S/C10H19F2NO/c1-10(2,3)7-13-5-4-8(6-13)14-9(11)12/h8-9H,4-7H2,1-3H3. The van der Waals surface area contributed by atoms with Gasteiger partial charge < -0.3 is 9.64 Å². The maximum atomic E-state index is 11.9. The van der Waals surface area contributed by atoms with E-state index in [0.717, 1.165) is 19.5 Å². The SMILES string of the molecule is CC(C)(C)CN1CCC(OC(F)F)C1. The molecule has 1 heterocycles. The van der Waals surface area contributed by atoms with Crippen LogP contribution in [0.2, 0.25) is 0 Å². The summed E-state index contributed by atoms with van der Waals surface area (Å²) in [6, 6.07) is 0. The molecule has 0 bridgehead atoms. The van der Waals surface area contributed by atoms with Gasteiger partial charge >= 0.3 is 6.61 Å². The molecule has 0 aromatic rings. The van der Waals surface area contributed by atoms with Crippen molar-refractivity contribution in [3.63, 3.8) is 0 Å². The van der Waals surface area contributed by atoms with Gasteiger partial charge in [-0.3, -0.25) is 0 Å². The largest absolute Gasteiger partial charge is 0.345 e. The van der Waals surface area contributed by atoms with E-state index in [-0.39, 0.29) is 11.5 Å². The lowest BCUT2D eigenvalue weighted by atomic mass is 9.96. The molecule has 0 amide bonds. The maximum absolute atomic E-state index is 11.9. The summed E-state index contributed by atoms with van der Waals surface area (Å²) in [5.74, 6) is 0. The number of ether oxygens (including phenoxy) is 1. The van der Waals surface area contributed by atoms with Gasteiger partial charge in [0.05, 0.1) is 6.10 Å². The van der Waals surface area contributed by atoms with E-state index in [1.54, 1.807) is 0 Å². The zero-order valence-electron chi connectivity index (χ0n) is 9.09. The van der Waals surface area contributed by atoms with E-state index in [0.29, 0.717) is 6.54 Å². The summed E-state index contributed by atoms with van der Waals surface area (Å²) in [4.78, 5) is 2.19. The normalized spacial score (nSPS) is 24.9. The molecule has 0 aliphatic carbocycles. The lowest BCUT2D eigenvalue weighted by Gasteiger charge is -2.26. The molecule has 1 saturated heterocycles. The first-order chi connectivity index (χ1) is 6.37. The topological polar surface area (TPSA) is 12.5 Å². The number of hydrogen-bond acceptors (Lipinski definition) is 2. The second-order valence-corrected chi connectivity index (χ2v) is 5.10. The van der Waals surface area contributed by atoms with Crippen LogP contribution in [0.4, 0.5) is 8.78 Å². The second-order valence-electron chi connectivity index (χ2n) is 5.10. The average molecular weight is 207 g/mol. The fourth-order valence-electron chi connectivity index (χ4n) is 1.87. The Kier molecular flexibility index (Phi) is 3.84. The lowest BCUT2D eigenvalue weighted by molar-refractivity contribution is -0.158. The first-order valence-corrected chi connectivity index (χ1v) is 5.03. The smallest absolute Gasteiger partial charge is 0.318 e. The van der Waals surface area contributed by atoms with E-state index < -0.39 is 6.61 Å². The van der Waals surface area contributed by atoms with Crippen LogP contribution in [0, 0.1) is 5.41 Å². The molecular weight excluding hydrogens is 188 g/mol. The van der Waals surface area contributed by atoms with Crippen LogP contribution < -0.4 is 0 Å². The van der Waals surface area contributed by atoms with Gasteiger partial charge in [0.15, 0.2) is 0 Å². The third-order valence-electron chi connectivity index (χ3n) is 2.22. The molecule has 2 nitrogen and oxygen atoms in total. The van der Waals surface area contributed by atoms with Crippen molar-refractivity contribution in [1.82, 2.24) is 4.90 Å². The zero-order chi connectivity index (χ0) is 10.8. The van der Waals surface area contributed by atoms with Crippen molar-refractivity contribution in [3.8, 4) is 0 Å².